The highest BCUT2D eigenvalue weighted by molar-refractivity contribution is 4.91. The lowest BCUT2D eigenvalue weighted by Crippen LogP contribution is -2.53. The Hall–Kier alpha value is -0.160. The molecule has 1 N–H and O–H groups in total. The minimum absolute atomic E-state index is 0.0460. The second-order valence-electron chi connectivity index (χ2n) is 4.10. The summed E-state index contributed by atoms with van der Waals surface area (Å²) >= 11 is 0. The van der Waals surface area contributed by atoms with Crippen LogP contribution in [0.1, 0.15) is 33.1 Å². The predicted octanol–water partition coefficient (Wildman–Crippen LogP) is 1.36. The van der Waals surface area contributed by atoms with Crippen LogP contribution >= 0.6 is 0 Å². The number of unbranched alkanes of at least 4 members (excludes halogenated alkanes) is 1. The molecule has 0 heterocycles. The van der Waals surface area contributed by atoms with E-state index in [0.717, 1.165) is 19.4 Å². The number of ether oxygens (including phenoxy) is 3. The maximum Gasteiger partial charge on any atom is 0.110 e. The van der Waals surface area contributed by atoms with Crippen LogP contribution in [0.5, 0.6) is 0 Å². The van der Waals surface area contributed by atoms with Gasteiger partial charge in [-0.25, -0.2) is 0 Å². The second-order valence-corrected chi connectivity index (χ2v) is 4.10. The van der Waals surface area contributed by atoms with Crippen LogP contribution in [0.15, 0.2) is 0 Å². The lowest BCUT2D eigenvalue weighted by atomic mass is 9.88. The number of aliphatic hydroxyl groups excluding tert-OH is 1. The molecule has 1 fully saturated rings. The molecular weight excluding hydrogens is 208 g/mol. The van der Waals surface area contributed by atoms with Crippen LogP contribution in [0.2, 0.25) is 0 Å². The van der Waals surface area contributed by atoms with E-state index in [9.17, 15) is 5.11 Å². The normalized spacial score (nSPS) is 29.1. The van der Waals surface area contributed by atoms with Crippen molar-refractivity contribution in [3.8, 4) is 0 Å². The van der Waals surface area contributed by atoms with Crippen molar-refractivity contribution in [2.24, 2.45) is 0 Å². The summed E-state index contributed by atoms with van der Waals surface area (Å²) in [4.78, 5) is 0. The molecule has 0 bridgehead atoms. The van der Waals surface area contributed by atoms with Crippen LogP contribution in [0, 0.1) is 0 Å². The smallest absolute Gasteiger partial charge is 0.110 e. The Morgan fingerprint density at radius 2 is 1.94 bits per heavy atom. The van der Waals surface area contributed by atoms with E-state index < -0.39 is 0 Å². The van der Waals surface area contributed by atoms with Crippen molar-refractivity contribution in [2.75, 3.05) is 26.4 Å². The van der Waals surface area contributed by atoms with Gasteiger partial charge in [0, 0.05) is 19.6 Å². The van der Waals surface area contributed by atoms with Gasteiger partial charge in [0.15, 0.2) is 0 Å². The zero-order valence-corrected chi connectivity index (χ0v) is 10.4. The zero-order chi connectivity index (χ0) is 11.8. The fraction of sp³-hybridized carbons (Fsp3) is 1.00. The minimum atomic E-state index is -0.356. The van der Waals surface area contributed by atoms with E-state index in [1.807, 2.05) is 6.92 Å². The largest absolute Gasteiger partial charge is 0.390 e. The van der Waals surface area contributed by atoms with E-state index in [2.05, 4.69) is 6.92 Å². The summed E-state index contributed by atoms with van der Waals surface area (Å²) in [6.07, 6.45) is 2.49. The van der Waals surface area contributed by atoms with E-state index in [1.165, 1.54) is 0 Å². The van der Waals surface area contributed by atoms with E-state index >= 15 is 0 Å². The lowest BCUT2D eigenvalue weighted by molar-refractivity contribution is -0.193. The monoisotopic (exact) mass is 232 g/mol. The summed E-state index contributed by atoms with van der Waals surface area (Å²) in [5, 5.41) is 9.45. The Morgan fingerprint density at radius 1 is 1.12 bits per heavy atom. The summed E-state index contributed by atoms with van der Waals surface area (Å²) in [6.45, 7) is 6.71. The number of rotatable bonds is 9. The van der Waals surface area contributed by atoms with Gasteiger partial charge in [-0.2, -0.15) is 0 Å². The van der Waals surface area contributed by atoms with Gasteiger partial charge < -0.3 is 19.3 Å². The van der Waals surface area contributed by atoms with Gasteiger partial charge in [-0.05, 0) is 13.3 Å². The Balaban J connectivity index is 1.96. The highest BCUT2D eigenvalue weighted by Gasteiger charge is 2.41. The highest BCUT2D eigenvalue weighted by Crippen LogP contribution is 2.26. The number of hydrogen-bond donors (Lipinski definition) is 1. The highest BCUT2D eigenvalue weighted by atomic mass is 16.6. The summed E-state index contributed by atoms with van der Waals surface area (Å²) in [6, 6.07) is 0. The topological polar surface area (TPSA) is 47.9 Å². The molecular formula is C12H24O4. The van der Waals surface area contributed by atoms with Gasteiger partial charge in [-0.3, -0.25) is 0 Å². The first kappa shape index (κ1) is 13.9. The van der Waals surface area contributed by atoms with E-state index in [4.69, 9.17) is 14.2 Å². The third kappa shape index (κ3) is 4.37. The number of aliphatic hydroxyl groups is 1. The standard InChI is InChI=1S/C12H24O4/c1-3-5-6-14-7-8-16-11-9-10(13)12(11)15-4-2/h10-13H,3-9H2,1-2H3. The van der Waals surface area contributed by atoms with Crippen LogP contribution < -0.4 is 0 Å². The second kappa shape index (κ2) is 8.01. The first-order chi connectivity index (χ1) is 7.79. The molecule has 96 valence electrons. The maximum absolute atomic E-state index is 9.45. The Kier molecular flexibility index (Phi) is 6.96. The Labute approximate surface area is 97.9 Å². The third-order valence-corrected chi connectivity index (χ3v) is 2.78. The molecule has 1 rings (SSSR count). The van der Waals surface area contributed by atoms with Crippen LogP contribution in [-0.2, 0) is 14.2 Å². The molecule has 0 aromatic heterocycles. The predicted molar refractivity (Wildman–Crippen MR) is 61.5 cm³/mol. The van der Waals surface area contributed by atoms with Gasteiger partial charge in [0.1, 0.15) is 6.10 Å². The first-order valence-electron chi connectivity index (χ1n) is 6.28. The van der Waals surface area contributed by atoms with Crippen LogP contribution in [0.3, 0.4) is 0 Å². The van der Waals surface area contributed by atoms with Crippen molar-refractivity contribution < 1.29 is 19.3 Å². The average molecular weight is 232 g/mol. The fourth-order valence-corrected chi connectivity index (χ4v) is 1.74. The van der Waals surface area contributed by atoms with Crippen molar-refractivity contribution in [3.63, 3.8) is 0 Å². The van der Waals surface area contributed by atoms with Gasteiger partial charge in [0.2, 0.25) is 0 Å². The Morgan fingerprint density at radius 3 is 2.56 bits per heavy atom. The van der Waals surface area contributed by atoms with E-state index in [-0.39, 0.29) is 18.3 Å². The molecule has 1 aliphatic rings. The Bertz CT molecular complexity index is 174. The molecule has 4 nitrogen and oxygen atoms in total. The zero-order valence-electron chi connectivity index (χ0n) is 10.4. The molecule has 1 saturated carbocycles. The van der Waals surface area contributed by atoms with Crippen LogP contribution in [0.4, 0.5) is 0 Å². The summed E-state index contributed by atoms with van der Waals surface area (Å²) < 4.78 is 16.4. The summed E-state index contributed by atoms with van der Waals surface area (Å²) in [5.74, 6) is 0. The van der Waals surface area contributed by atoms with Gasteiger partial charge >= 0.3 is 0 Å². The van der Waals surface area contributed by atoms with E-state index in [1.54, 1.807) is 0 Å². The first-order valence-corrected chi connectivity index (χ1v) is 6.28. The van der Waals surface area contributed by atoms with Crippen molar-refractivity contribution in [2.45, 2.75) is 51.4 Å². The summed E-state index contributed by atoms with van der Waals surface area (Å²) in [5.41, 5.74) is 0. The van der Waals surface area contributed by atoms with Crippen molar-refractivity contribution in [1.82, 2.24) is 0 Å². The molecule has 3 unspecified atom stereocenters. The van der Waals surface area contributed by atoms with Gasteiger partial charge in [0.05, 0.1) is 25.4 Å². The van der Waals surface area contributed by atoms with Crippen molar-refractivity contribution in [3.05, 3.63) is 0 Å². The molecule has 16 heavy (non-hydrogen) atoms. The molecule has 0 saturated heterocycles. The average Bonchev–Trinajstić information content (AvgIpc) is 2.29. The van der Waals surface area contributed by atoms with Crippen molar-refractivity contribution >= 4 is 0 Å². The quantitative estimate of drug-likeness (QED) is 0.610. The molecule has 4 heteroatoms. The molecule has 0 amide bonds. The minimum Gasteiger partial charge on any atom is -0.390 e. The molecule has 0 aliphatic heterocycles. The molecule has 0 radical (unpaired) electrons. The van der Waals surface area contributed by atoms with E-state index in [0.29, 0.717) is 26.2 Å². The maximum atomic E-state index is 9.45. The molecule has 0 aromatic rings. The van der Waals surface area contributed by atoms with Gasteiger partial charge in [-0.1, -0.05) is 13.3 Å². The fourth-order valence-electron chi connectivity index (χ4n) is 1.74. The van der Waals surface area contributed by atoms with Gasteiger partial charge in [-0.15, -0.1) is 0 Å². The van der Waals surface area contributed by atoms with Crippen LogP contribution in [0.25, 0.3) is 0 Å². The lowest BCUT2D eigenvalue weighted by Gasteiger charge is -2.40. The molecule has 1 aliphatic carbocycles. The van der Waals surface area contributed by atoms with Crippen LogP contribution in [-0.4, -0.2) is 49.8 Å². The molecule has 0 aromatic carbocycles. The molecule has 0 spiro atoms. The third-order valence-electron chi connectivity index (χ3n) is 2.78. The summed E-state index contributed by atoms with van der Waals surface area (Å²) in [7, 11) is 0. The molecule has 3 atom stereocenters. The number of hydrogen-bond acceptors (Lipinski definition) is 4. The van der Waals surface area contributed by atoms with Crippen molar-refractivity contribution in [1.29, 1.82) is 0 Å². The SMILES string of the molecule is CCCCOCCOC1CC(O)C1OCC. The van der Waals surface area contributed by atoms with Gasteiger partial charge in [0.25, 0.3) is 0 Å².